The van der Waals surface area contributed by atoms with E-state index in [4.69, 9.17) is 9.88 Å². The second-order valence-corrected chi connectivity index (χ2v) is 7.52. The molecular formula is C10H15NO5S2. The summed E-state index contributed by atoms with van der Waals surface area (Å²) >= 11 is 0. The van der Waals surface area contributed by atoms with E-state index >= 15 is 0 Å². The molecule has 6 nitrogen and oxygen atoms in total. The van der Waals surface area contributed by atoms with Gasteiger partial charge < -0.3 is 4.74 Å². The third-order valence-electron chi connectivity index (χ3n) is 2.21. The lowest BCUT2D eigenvalue weighted by atomic mass is 10.2. The average Bonchev–Trinajstić information content (AvgIpc) is 2.25. The van der Waals surface area contributed by atoms with Crippen molar-refractivity contribution in [3.63, 3.8) is 0 Å². The molecule has 0 unspecified atom stereocenters. The van der Waals surface area contributed by atoms with Crippen LogP contribution in [-0.4, -0.2) is 36.3 Å². The van der Waals surface area contributed by atoms with Crippen molar-refractivity contribution in [2.45, 2.75) is 10.6 Å². The highest BCUT2D eigenvalue weighted by Gasteiger charge is 2.14. The molecule has 1 rings (SSSR count). The molecule has 0 aliphatic carbocycles. The number of ether oxygens (including phenoxy) is 1. The van der Waals surface area contributed by atoms with E-state index in [1.165, 1.54) is 25.3 Å². The van der Waals surface area contributed by atoms with Gasteiger partial charge in [0.15, 0.2) is 9.84 Å². The molecule has 0 saturated heterocycles. The van der Waals surface area contributed by atoms with E-state index in [-0.39, 0.29) is 23.0 Å². The van der Waals surface area contributed by atoms with Crippen LogP contribution >= 0.6 is 0 Å². The molecule has 0 aliphatic heterocycles. The first-order chi connectivity index (χ1) is 8.24. The first-order valence-electron chi connectivity index (χ1n) is 5.06. The Labute approximate surface area is 107 Å². The van der Waals surface area contributed by atoms with Gasteiger partial charge in [-0.3, -0.25) is 0 Å². The van der Waals surface area contributed by atoms with E-state index < -0.39 is 19.9 Å². The van der Waals surface area contributed by atoms with Crippen LogP contribution in [0.2, 0.25) is 0 Å². The van der Waals surface area contributed by atoms with Gasteiger partial charge in [-0.05, 0) is 17.7 Å². The van der Waals surface area contributed by atoms with Crippen molar-refractivity contribution < 1.29 is 21.6 Å². The minimum Gasteiger partial charge on any atom is -0.384 e. The standard InChI is InChI=1S/C10H15NO5S2/c1-16-5-6-17(12,13)8-9-3-2-4-10(7-9)18(11,14)15/h2-4,7H,5-6,8H2,1H3,(H2,11,14,15). The monoisotopic (exact) mass is 293 g/mol. The van der Waals surface area contributed by atoms with Gasteiger partial charge in [0.05, 0.1) is 23.0 Å². The molecule has 2 N–H and O–H groups in total. The van der Waals surface area contributed by atoms with E-state index in [1.807, 2.05) is 0 Å². The maximum atomic E-state index is 11.7. The highest BCUT2D eigenvalue weighted by atomic mass is 32.2. The Bertz CT molecular complexity index is 607. The lowest BCUT2D eigenvalue weighted by molar-refractivity contribution is 0.217. The Morgan fingerprint density at radius 3 is 2.44 bits per heavy atom. The fraction of sp³-hybridized carbons (Fsp3) is 0.400. The van der Waals surface area contributed by atoms with E-state index in [0.29, 0.717) is 5.56 Å². The quantitative estimate of drug-likeness (QED) is 0.788. The minimum atomic E-state index is -3.82. The zero-order valence-corrected chi connectivity index (χ0v) is 11.5. The number of rotatable bonds is 6. The molecule has 0 heterocycles. The molecule has 0 saturated carbocycles. The highest BCUT2D eigenvalue weighted by Crippen LogP contribution is 2.12. The maximum Gasteiger partial charge on any atom is 0.238 e. The number of methoxy groups -OCH3 is 1. The molecule has 8 heteroatoms. The molecule has 18 heavy (non-hydrogen) atoms. The first-order valence-corrected chi connectivity index (χ1v) is 8.42. The van der Waals surface area contributed by atoms with E-state index in [9.17, 15) is 16.8 Å². The van der Waals surface area contributed by atoms with Crippen molar-refractivity contribution in [1.29, 1.82) is 0 Å². The Kier molecular flexibility index (Phi) is 4.85. The number of hydrogen-bond donors (Lipinski definition) is 1. The zero-order chi connectivity index (χ0) is 13.8. The Morgan fingerprint density at radius 1 is 1.22 bits per heavy atom. The van der Waals surface area contributed by atoms with Gasteiger partial charge in [-0.2, -0.15) is 0 Å². The summed E-state index contributed by atoms with van der Waals surface area (Å²) in [4.78, 5) is -0.0954. The molecule has 0 spiro atoms. The molecule has 0 aliphatic rings. The van der Waals surface area contributed by atoms with Gasteiger partial charge in [0.2, 0.25) is 10.0 Å². The predicted octanol–water partition coefficient (Wildman–Crippen LogP) is -0.105. The summed E-state index contributed by atoms with van der Waals surface area (Å²) in [6.07, 6.45) is 0. The van der Waals surface area contributed by atoms with Gasteiger partial charge in [-0.15, -0.1) is 0 Å². The van der Waals surface area contributed by atoms with E-state index in [2.05, 4.69) is 0 Å². The van der Waals surface area contributed by atoms with Crippen molar-refractivity contribution in [2.24, 2.45) is 5.14 Å². The van der Waals surface area contributed by atoms with E-state index in [1.54, 1.807) is 6.07 Å². The number of primary sulfonamides is 1. The van der Waals surface area contributed by atoms with Crippen LogP contribution in [0.3, 0.4) is 0 Å². The second-order valence-electron chi connectivity index (χ2n) is 3.78. The molecule has 1 aromatic carbocycles. The number of benzene rings is 1. The van der Waals surface area contributed by atoms with Crippen LogP contribution in [0.1, 0.15) is 5.56 Å². The first kappa shape index (κ1) is 15.1. The van der Waals surface area contributed by atoms with Gasteiger partial charge in [0.25, 0.3) is 0 Å². The lowest BCUT2D eigenvalue weighted by Crippen LogP contribution is -2.15. The van der Waals surface area contributed by atoms with Crippen molar-refractivity contribution in [3.8, 4) is 0 Å². The van der Waals surface area contributed by atoms with Gasteiger partial charge in [0.1, 0.15) is 0 Å². The summed E-state index contributed by atoms with van der Waals surface area (Å²) in [6, 6.07) is 5.58. The molecule has 0 radical (unpaired) electrons. The predicted molar refractivity (Wildman–Crippen MR) is 67.2 cm³/mol. The summed E-state index contributed by atoms with van der Waals surface area (Å²) in [5.74, 6) is -0.344. The molecular weight excluding hydrogens is 278 g/mol. The van der Waals surface area contributed by atoms with Crippen LogP contribution in [0.15, 0.2) is 29.2 Å². The topological polar surface area (TPSA) is 104 Å². The lowest BCUT2D eigenvalue weighted by Gasteiger charge is -2.05. The minimum absolute atomic E-state index is 0.0954. The zero-order valence-electron chi connectivity index (χ0n) is 9.87. The normalized spacial score (nSPS) is 12.6. The van der Waals surface area contributed by atoms with E-state index in [0.717, 1.165) is 0 Å². The fourth-order valence-electron chi connectivity index (χ4n) is 1.35. The Morgan fingerprint density at radius 2 is 1.89 bits per heavy atom. The van der Waals surface area contributed by atoms with Gasteiger partial charge in [-0.1, -0.05) is 12.1 Å². The van der Waals surface area contributed by atoms with Gasteiger partial charge in [-0.25, -0.2) is 22.0 Å². The second kappa shape index (κ2) is 5.79. The fourth-order valence-corrected chi connectivity index (χ4v) is 3.18. The van der Waals surface area contributed by atoms with Crippen LogP contribution in [0, 0.1) is 0 Å². The van der Waals surface area contributed by atoms with Crippen molar-refractivity contribution in [3.05, 3.63) is 29.8 Å². The molecule has 0 amide bonds. The van der Waals surface area contributed by atoms with Crippen LogP contribution < -0.4 is 5.14 Å². The Hall–Kier alpha value is -0.960. The molecule has 0 fully saturated rings. The average molecular weight is 293 g/mol. The van der Waals surface area contributed by atoms with Gasteiger partial charge in [0, 0.05) is 7.11 Å². The number of hydrogen-bond acceptors (Lipinski definition) is 5. The number of sulfone groups is 1. The number of nitrogens with two attached hydrogens (primary N) is 1. The SMILES string of the molecule is COCCS(=O)(=O)Cc1cccc(S(N)(=O)=O)c1. The summed E-state index contributed by atoms with van der Waals surface area (Å²) < 4.78 is 50.3. The Balaban J connectivity index is 2.93. The third kappa shape index (κ3) is 4.73. The largest absolute Gasteiger partial charge is 0.384 e. The summed E-state index contributed by atoms with van der Waals surface area (Å²) in [6.45, 7) is 0.108. The molecule has 0 aromatic heterocycles. The van der Waals surface area contributed by atoms with Crippen molar-refractivity contribution in [2.75, 3.05) is 19.5 Å². The molecule has 1 aromatic rings. The maximum absolute atomic E-state index is 11.7. The van der Waals surface area contributed by atoms with Gasteiger partial charge >= 0.3 is 0 Å². The molecule has 0 atom stereocenters. The highest BCUT2D eigenvalue weighted by molar-refractivity contribution is 7.90. The molecule has 0 bridgehead atoms. The summed E-state index contributed by atoms with van der Waals surface area (Å²) in [5, 5.41) is 4.97. The molecule has 102 valence electrons. The smallest absolute Gasteiger partial charge is 0.238 e. The van der Waals surface area contributed by atoms with Crippen LogP contribution in [0.25, 0.3) is 0 Å². The van der Waals surface area contributed by atoms with Crippen molar-refractivity contribution >= 4 is 19.9 Å². The third-order valence-corrected chi connectivity index (χ3v) is 4.68. The van der Waals surface area contributed by atoms with Crippen molar-refractivity contribution in [1.82, 2.24) is 0 Å². The van der Waals surface area contributed by atoms with Crippen LogP contribution in [0.5, 0.6) is 0 Å². The van der Waals surface area contributed by atoms with Crippen LogP contribution in [0.4, 0.5) is 0 Å². The van der Waals surface area contributed by atoms with Crippen LogP contribution in [-0.2, 0) is 30.4 Å². The summed E-state index contributed by atoms with van der Waals surface area (Å²) in [7, 11) is -5.72. The summed E-state index contributed by atoms with van der Waals surface area (Å²) in [5.41, 5.74) is 0.387. The number of sulfonamides is 1.